The molecule has 2 heterocycles. The van der Waals surface area contributed by atoms with Gasteiger partial charge in [-0.25, -0.2) is 4.79 Å². The first-order chi connectivity index (χ1) is 12.8. The van der Waals surface area contributed by atoms with Crippen LogP contribution in [0.1, 0.15) is 20.3 Å². The summed E-state index contributed by atoms with van der Waals surface area (Å²) in [7, 11) is 0. The van der Waals surface area contributed by atoms with Gasteiger partial charge in [0.2, 0.25) is 11.8 Å². The molecule has 1 atom stereocenters. The number of anilines is 2. The molecule has 2 aromatic rings. The van der Waals surface area contributed by atoms with Gasteiger partial charge in [-0.1, -0.05) is 6.07 Å². The highest BCUT2D eigenvalue weighted by molar-refractivity contribution is 6.02. The van der Waals surface area contributed by atoms with Gasteiger partial charge in [0.25, 0.3) is 0 Å². The topological polar surface area (TPSA) is 122 Å². The molecule has 9 heteroatoms. The smallest absolute Gasteiger partial charge is 0.411 e. The predicted octanol–water partition coefficient (Wildman–Crippen LogP) is 1.66. The van der Waals surface area contributed by atoms with E-state index >= 15 is 0 Å². The number of hydrogen-bond donors (Lipinski definition) is 2. The predicted molar refractivity (Wildman–Crippen MR) is 99.5 cm³/mol. The van der Waals surface area contributed by atoms with E-state index in [1.165, 1.54) is 11.8 Å². The van der Waals surface area contributed by atoms with Crippen LogP contribution in [0, 0.1) is 0 Å². The molecule has 3 rings (SSSR count). The third-order valence-corrected chi connectivity index (χ3v) is 4.54. The first-order valence-corrected chi connectivity index (χ1v) is 8.53. The van der Waals surface area contributed by atoms with Crippen molar-refractivity contribution in [1.29, 1.82) is 0 Å². The van der Waals surface area contributed by atoms with Gasteiger partial charge in [0.1, 0.15) is 0 Å². The van der Waals surface area contributed by atoms with Crippen LogP contribution in [-0.4, -0.2) is 45.4 Å². The molecule has 0 unspecified atom stereocenters. The molecule has 0 saturated carbocycles. The lowest BCUT2D eigenvalue weighted by Gasteiger charge is -2.39. The van der Waals surface area contributed by atoms with E-state index in [2.05, 4.69) is 5.10 Å². The van der Waals surface area contributed by atoms with Crippen molar-refractivity contribution in [2.75, 3.05) is 16.3 Å². The van der Waals surface area contributed by atoms with E-state index in [4.69, 9.17) is 5.73 Å². The Morgan fingerprint density at radius 2 is 2.00 bits per heavy atom. The van der Waals surface area contributed by atoms with Crippen molar-refractivity contribution in [1.82, 2.24) is 9.78 Å². The molecule has 0 bridgehead atoms. The van der Waals surface area contributed by atoms with Gasteiger partial charge in [0.15, 0.2) is 0 Å². The Labute approximate surface area is 156 Å². The minimum Gasteiger partial charge on any atom is -0.465 e. The van der Waals surface area contributed by atoms with Gasteiger partial charge in [-0.05, 0) is 24.6 Å². The molecule has 1 aliphatic heterocycles. The summed E-state index contributed by atoms with van der Waals surface area (Å²) in [5.74, 6) is -0.544. The highest BCUT2D eigenvalue weighted by Crippen LogP contribution is 2.38. The highest BCUT2D eigenvalue weighted by Gasteiger charge is 2.33. The van der Waals surface area contributed by atoms with Crippen molar-refractivity contribution < 1.29 is 19.5 Å². The first-order valence-electron chi connectivity index (χ1n) is 8.53. The Hall–Kier alpha value is -3.36. The third kappa shape index (κ3) is 3.62. The zero-order valence-corrected chi connectivity index (χ0v) is 15.1. The van der Waals surface area contributed by atoms with E-state index in [9.17, 15) is 19.5 Å². The molecule has 142 valence electrons. The van der Waals surface area contributed by atoms with E-state index < -0.39 is 12.0 Å². The molecule has 0 fully saturated rings. The summed E-state index contributed by atoms with van der Waals surface area (Å²) < 4.78 is 1.61. The molecule has 1 aromatic carbocycles. The molecule has 27 heavy (non-hydrogen) atoms. The maximum absolute atomic E-state index is 12.0. The number of nitrogens with two attached hydrogens (primary N) is 1. The Morgan fingerprint density at radius 1 is 1.26 bits per heavy atom. The molecule has 0 spiro atoms. The van der Waals surface area contributed by atoms with Crippen LogP contribution in [-0.2, 0) is 16.1 Å². The number of carboxylic acid groups (broad SMARTS) is 1. The number of rotatable bonds is 4. The molecule has 0 aliphatic carbocycles. The van der Waals surface area contributed by atoms with Crippen LogP contribution >= 0.6 is 0 Å². The first kappa shape index (κ1) is 18.4. The molecule has 3 amide bonds. The molecule has 0 radical (unpaired) electrons. The number of amides is 3. The monoisotopic (exact) mass is 371 g/mol. The lowest BCUT2D eigenvalue weighted by atomic mass is 10.0. The largest absolute Gasteiger partial charge is 0.465 e. The van der Waals surface area contributed by atoms with Crippen LogP contribution in [0.25, 0.3) is 11.1 Å². The molecule has 0 saturated heterocycles. The summed E-state index contributed by atoms with van der Waals surface area (Å²) in [6.07, 6.45) is 2.52. The van der Waals surface area contributed by atoms with Crippen LogP contribution in [0.15, 0.2) is 30.6 Å². The summed E-state index contributed by atoms with van der Waals surface area (Å²) in [6, 6.07) is 5.05. The Balaban J connectivity index is 1.99. The number of carbonyl (C=O) groups excluding carboxylic acids is 2. The van der Waals surface area contributed by atoms with Crippen LogP contribution in [0.4, 0.5) is 16.2 Å². The molecule has 3 N–H and O–H groups in total. The number of aryl methyl sites for hydroxylation is 1. The van der Waals surface area contributed by atoms with Crippen molar-refractivity contribution in [3.05, 3.63) is 30.6 Å². The van der Waals surface area contributed by atoms with Crippen LogP contribution in [0.2, 0.25) is 0 Å². The standard InChI is InChI=1S/C18H21N5O4/c1-11-9-22(18(26)27)16-7-13(3-4-15(16)23(11)12(2)24)14-8-20-21(10-14)6-5-17(19)25/h3-4,7-8,10-11H,5-6,9H2,1-2H3,(H2,19,25)(H,26,27)/t11-/m0/s1. The van der Waals surface area contributed by atoms with Crippen molar-refractivity contribution in [3.8, 4) is 11.1 Å². The van der Waals surface area contributed by atoms with Gasteiger partial charge in [0, 0.05) is 38.2 Å². The van der Waals surface area contributed by atoms with E-state index in [1.54, 1.807) is 34.1 Å². The van der Waals surface area contributed by atoms with Gasteiger partial charge in [0.05, 0.1) is 23.6 Å². The van der Waals surface area contributed by atoms with Gasteiger partial charge >= 0.3 is 6.09 Å². The zero-order valence-electron chi connectivity index (χ0n) is 15.1. The fraction of sp³-hybridized carbons (Fsp3) is 0.333. The van der Waals surface area contributed by atoms with Gasteiger partial charge in [-0.15, -0.1) is 0 Å². The van der Waals surface area contributed by atoms with Crippen LogP contribution < -0.4 is 15.5 Å². The molecule has 1 aromatic heterocycles. The number of aromatic nitrogens is 2. The minimum atomic E-state index is -1.07. The normalized spacial score (nSPS) is 16.1. The van der Waals surface area contributed by atoms with Crippen molar-refractivity contribution in [3.63, 3.8) is 0 Å². The number of primary amides is 1. The second kappa shape index (κ2) is 7.10. The number of carbonyl (C=O) groups is 3. The Kier molecular flexibility index (Phi) is 4.85. The minimum absolute atomic E-state index is 0.138. The molecule has 1 aliphatic rings. The van der Waals surface area contributed by atoms with Crippen molar-refractivity contribution >= 4 is 29.3 Å². The van der Waals surface area contributed by atoms with E-state index in [-0.39, 0.29) is 24.9 Å². The van der Waals surface area contributed by atoms with E-state index in [0.717, 1.165) is 11.1 Å². The Morgan fingerprint density at radius 3 is 2.63 bits per heavy atom. The molecular formula is C18H21N5O4. The van der Waals surface area contributed by atoms with Gasteiger partial charge in [-0.3, -0.25) is 19.2 Å². The maximum Gasteiger partial charge on any atom is 0.411 e. The SMILES string of the molecule is CC(=O)N1c2ccc(-c3cnn(CCC(N)=O)c3)cc2N(C(=O)O)C[C@@H]1C. The average Bonchev–Trinajstić information content (AvgIpc) is 3.07. The molecule has 9 nitrogen and oxygen atoms in total. The summed E-state index contributed by atoms with van der Waals surface area (Å²) >= 11 is 0. The number of benzene rings is 1. The summed E-state index contributed by atoms with van der Waals surface area (Å²) in [6.45, 7) is 3.85. The zero-order chi connectivity index (χ0) is 19.7. The van der Waals surface area contributed by atoms with E-state index in [1.807, 2.05) is 13.0 Å². The van der Waals surface area contributed by atoms with Crippen molar-refractivity contribution in [2.45, 2.75) is 32.9 Å². The molecular weight excluding hydrogens is 350 g/mol. The van der Waals surface area contributed by atoms with E-state index in [0.29, 0.717) is 17.9 Å². The fourth-order valence-electron chi connectivity index (χ4n) is 3.33. The van der Waals surface area contributed by atoms with Gasteiger partial charge < -0.3 is 15.7 Å². The van der Waals surface area contributed by atoms with Gasteiger partial charge in [-0.2, -0.15) is 5.10 Å². The summed E-state index contributed by atoms with van der Waals surface area (Å²) in [5.41, 5.74) is 7.72. The lowest BCUT2D eigenvalue weighted by Crippen LogP contribution is -2.51. The van der Waals surface area contributed by atoms with Crippen molar-refractivity contribution in [2.24, 2.45) is 5.73 Å². The second-order valence-corrected chi connectivity index (χ2v) is 6.54. The number of fused-ring (bicyclic) bond motifs is 1. The second-order valence-electron chi connectivity index (χ2n) is 6.54. The maximum atomic E-state index is 12.0. The highest BCUT2D eigenvalue weighted by atomic mass is 16.4. The fourth-order valence-corrected chi connectivity index (χ4v) is 3.33. The third-order valence-electron chi connectivity index (χ3n) is 4.54. The Bertz CT molecular complexity index is 907. The average molecular weight is 371 g/mol. The number of nitrogens with zero attached hydrogens (tertiary/aromatic N) is 4. The van der Waals surface area contributed by atoms with Crippen LogP contribution in [0.3, 0.4) is 0 Å². The summed E-state index contributed by atoms with van der Waals surface area (Å²) in [4.78, 5) is 37.5. The lowest BCUT2D eigenvalue weighted by molar-refractivity contribution is -0.118. The van der Waals surface area contributed by atoms with Crippen LogP contribution in [0.5, 0.6) is 0 Å². The quantitative estimate of drug-likeness (QED) is 0.846. The number of hydrogen-bond acceptors (Lipinski definition) is 4. The summed E-state index contributed by atoms with van der Waals surface area (Å²) in [5, 5.41) is 13.8.